The number of hydrogen-bond acceptors (Lipinski definition) is 4. The highest BCUT2D eigenvalue weighted by Gasteiger charge is 2.23. The molecule has 2 amide bonds. The van der Waals surface area contributed by atoms with Gasteiger partial charge in [0.05, 0.1) is 11.4 Å². The normalized spacial score (nSPS) is 13.3. The van der Waals surface area contributed by atoms with Gasteiger partial charge in [-0.05, 0) is 79.4 Å². The van der Waals surface area contributed by atoms with E-state index in [0.29, 0.717) is 22.7 Å². The molecule has 230 valence electrons. The van der Waals surface area contributed by atoms with E-state index >= 15 is 0 Å². The first-order valence-corrected chi connectivity index (χ1v) is 15.2. The zero-order valence-corrected chi connectivity index (χ0v) is 26.9. The lowest BCUT2D eigenvalue weighted by molar-refractivity contribution is 0.0991. The Hall–Kier alpha value is -4.13. The Balaban J connectivity index is 0.00000442. The van der Waals surface area contributed by atoms with Crippen LogP contribution in [0.25, 0.3) is 11.1 Å². The summed E-state index contributed by atoms with van der Waals surface area (Å²) in [7, 11) is 1.83. The standard InChI is InChI=1S/C37H42N4O2.ClH/c1-27(2)21-22-40-23-25-41(26-24-40)35-12-8-7-11-34(35)39(4)37(43)30-17-19-31(20-18-30)38-36(42)33-10-6-5-9-32(33)29-15-13-28(3)14-16-29;/h5-20,27H,21-26H2,1-4H3,(H,38,42);1H. The Labute approximate surface area is 268 Å². The Morgan fingerprint density at radius 1 is 0.818 bits per heavy atom. The number of amides is 2. The smallest absolute Gasteiger partial charge is 0.258 e. The van der Waals surface area contributed by atoms with Crippen molar-refractivity contribution in [3.63, 3.8) is 0 Å². The Morgan fingerprint density at radius 3 is 2.14 bits per heavy atom. The second-order valence-electron chi connectivity index (χ2n) is 11.8. The fourth-order valence-corrected chi connectivity index (χ4v) is 5.53. The Morgan fingerprint density at radius 2 is 1.45 bits per heavy atom. The van der Waals surface area contributed by atoms with Gasteiger partial charge in [0.1, 0.15) is 0 Å². The topological polar surface area (TPSA) is 55.9 Å². The quantitative estimate of drug-likeness (QED) is 0.210. The van der Waals surface area contributed by atoms with E-state index in [1.807, 2.05) is 80.7 Å². The van der Waals surface area contributed by atoms with Gasteiger partial charge in [0, 0.05) is 50.0 Å². The van der Waals surface area contributed by atoms with Crippen LogP contribution in [0.15, 0.2) is 97.1 Å². The minimum Gasteiger partial charge on any atom is -0.367 e. The van der Waals surface area contributed by atoms with Gasteiger partial charge in [-0.15, -0.1) is 12.4 Å². The van der Waals surface area contributed by atoms with Crippen LogP contribution in [0, 0.1) is 12.8 Å². The van der Waals surface area contributed by atoms with Crippen molar-refractivity contribution in [3.8, 4) is 11.1 Å². The summed E-state index contributed by atoms with van der Waals surface area (Å²) in [6.07, 6.45) is 1.22. The van der Waals surface area contributed by atoms with Crippen LogP contribution in [-0.2, 0) is 0 Å². The van der Waals surface area contributed by atoms with Crippen LogP contribution in [-0.4, -0.2) is 56.5 Å². The zero-order chi connectivity index (χ0) is 30.3. The molecule has 0 unspecified atom stereocenters. The first kappa shape index (κ1) is 32.8. The molecule has 4 aromatic rings. The van der Waals surface area contributed by atoms with Crippen LogP contribution in [0.2, 0.25) is 0 Å². The zero-order valence-electron chi connectivity index (χ0n) is 26.1. The highest BCUT2D eigenvalue weighted by atomic mass is 35.5. The molecular weight excluding hydrogens is 568 g/mol. The average Bonchev–Trinajstić information content (AvgIpc) is 3.04. The molecule has 7 heteroatoms. The molecule has 0 atom stereocenters. The molecule has 1 fully saturated rings. The van der Waals surface area contributed by atoms with Crippen molar-refractivity contribution in [1.82, 2.24) is 4.90 Å². The second kappa shape index (κ2) is 15.0. The number of piperazine rings is 1. The predicted octanol–water partition coefficient (Wildman–Crippen LogP) is 7.78. The molecular formula is C37H43ClN4O2. The molecule has 0 bridgehead atoms. The van der Waals surface area contributed by atoms with Gasteiger partial charge in [-0.3, -0.25) is 14.5 Å². The summed E-state index contributed by atoms with van der Waals surface area (Å²) in [6.45, 7) is 11.7. The highest BCUT2D eigenvalue weighted by Crippen LogP contribution is 2.31. The van der Waals surface area contributed by atoms with E-state index < -0.39 is 0 Å². The number of nitrogens with zero attached hydrogens (tertiary/aromatic N) is 3. The van der Waals surface area contributed by atoms with Gasteiger partial charge in [0.2, 0.25) is 0 Å². The molecule has 1 heterocycles. The summed E-state index contributed by atoms with van der Waals surface area (Å²) < 4.78 is 0. The third-order valence-corrected chi connectivity index (χ3v) is 8.21. The van der Waals surface area contributed by atoms with Gasteiger partial charge in [-0.25, -0.2) is 0 Å². The van der Waals surface area contributed by atoms with E-state index in [-0.39, 0.29) is 24.2 Å². The lowest BCUT2D eigenvalue weighted by Crippen LogP contribution is -2.47. The lowest BCUT2D eigenvalue weighted by atomic mass is 9.98. The van der Waals surface area contributed by atoms with Crippen LogP contribution >= 0.6 is 12.4 Å². The minimum absolute atomic E-state index is 0. The predicted molar refractivity (Wildman–Crippen MR) is 186 cm³/mol. The molecule has 6 nitrogen and oxygen atoms in total. The maximum Gasteiger partial charge on any atom is 0.258 e. The van der Waals surface area contributed by atoms with Crippen LogP contribution in [0.1, 0.15) is 46.5 Å². The molecule has 1 saturated heterocycles. The van der Waals surface area contributed by atoms with Crippen molar-refractivity contribution >= 4 is 41.3 Å². The van der Waals surface area contributed by atoms with E-state index in [9.17, 15) is 9.59 Å². The molecule has 1 aliphatic rings. The maximum atomic E-state index is 13.6. The molecule has 0 saturated carbocycles. The first-order valence-electron chi connectivity index (χ1n) is 15.2. The first-order chi connectivity index (χ1) is 20.8. The average molecular weight is 611 g/mol. The van der Waals surface area contributed by atoms with Gasteiger partial charge in [0.25, 0.3) is 11.8 Å². The van der Waals surface area contributed by atoms with Crippen LogP contribution in [0.4, 0.5) is 17.1 Å². The summed E-state index contributed by atoms with van der Waals surface area (Å²) in [4.78, 5) is 33.5. The SMILES string of the molecule is Cc1ccc(-c2ccccc2C(=O)Nc2ccc(C(=O)N(C)c3ccccc3N3CCN(CCC(C)C)CC3)cc2)cc1.Cl. The maximum absolute atomic E-state index is 13.6. The molecule has 44 heavy (non-hydrogen) atoms. The van der Waals surface area contributed by atoms with Gasteiger partial charge in [0.15, 0.2) is 0 Å². The van der Waals surface area contributed by atoms with E-state index in [4.69, 9.17) is 0 Å². The Bertz CT molecular complexity index is 1540. The molecule has 0 aliphatic carbocycles. The molecule has 5 rings (SSSR count). The third kappa shape index (κ3) is 7.87. The molecule has 4 aromatic carbocycles. The van der Waals surface area contributed by atoms with Crippen molar-refractivity contribution in [2.45, 2.75) is 27.2 Å². The van der Waals surface area contributed by atoms with E-state index in [0.717, 1.165) is 55.2 Å². The van der Waals surface area contributed by atoms with Gasteiger partial charge < -0.3 is 15.1 Å². The molecule has 0 aromatic heterocycles. The summed E-state index contributed by atoms with van der Waals surface area (Å²) in [6, 6.07) is 31.0. The number of carbonyl (C=O) groups is 2. The second-order valence-corrected chi connectivity index (χ2v) is 11.8. The van der Waals surface area contributed by atoms with Gasteiger partial charge >= 0.3 is 0 Å². The van der Waals surface area contributed by atoms with Crippen molar-refractivity contribution in [3.05, 3.63) is 114 Å². The number of aryl methyl sites for hydroxylation is 1. The molecule has 1 aliphatic heterocycles. The minimum atomic E-state index is -0.189. The number of benzene rings is 4. The van der Waals surface area contributed by atoms with Crippen molar-refractivity contribution in [2.24, 2.45) is 5.92 Å². The van der Waals surface area contributed by atoms with E-state index in [2.05, 4.69) is 35.0 Å². The number of rotatable bonds is 9. The van der Waals surface area contributed by atoms with E-state index in [1.54, 1.807) is 29.2 Å². The summed E-state index contributed by atoms with van der Waals surface area (Å²) >= 11 is 0. The van der Waals surface area contributed by atoms with Gasteiger partial charge in [-0.1, -0.05) is 74.0 Å². The molecule has 0 spiro atoms. The summed E-state index contributed by atoms with van der Waals surface area (Å²) in [5.74, 6) is 0.431. The molecule has 1 N–H and O–H groups in total. The lowest BCUT2D eigenvalue weighted by Gasteiger charge is -2.38. The Kier molecular flexibility index (Phi) is 11.2. The van der Waals surface area contributed by atoms with Crippen LogP contribution < -0.4 is 15.1 Å². The molecule has 0 radical (unpaired) electrons. The van der Waals surface area contributed by atoms with Crippen molar-refractivity contribution in [1.29, 1.82) is 0 Å². The van der Waals surface area contributed by atoms with Crippen LogP contribution in [0.5, 0.6) is 0 Å². The number of anilines is 3. The fourth-order valence-electron chi connectivity index (χ4n) is 5.53. The summed E-state index contributed by atoms with van der Waals surface area (Å²) in [5.41, 5.74) is 6.82. The number of hydrogen-bond donors (Lipinski definition) is 1. The highest BCUT2D eigenvalue weighted by molar-refractivity contribution is 6.10. The number of nitrogens with one attached hydrogen (secondary N) is 1. The number of halogens is 1. The van der Waals surface area contributed by atoms with Gasteiger partial charge in [-0.2, -0.15) is 0 Å². The van der Waals surface area contributed by atoms with E-state index in [1.165, 1.54) is 12.0 Å². The largest absolute Gasteiger partial charge is 0.367 e. The summed E-state index contributed by atoms with van der Waals surface area (Å²) in [5, 5.41) is 3.00. The number of carbonyl (C=O) groups excluding carboxylic acids is 2. The van der Waals surface area contributed by atoms with Crippen LogP contribution in [0.3, 0.4) is 0 Å². The van der Waals surface area contributed by atoms with Crippen molar-refractivity contribution in [2.75, 3.05) is 54.9 Å². The third-order valence-electron chi connectivity index (χ3n) is 8.21. The monoisotopic (exact) mass is 610 g/mol. The van der Waals surface area contributed by atoms with Crippen molar-refractivity contribution < 1.29 is 9.59 Å². The number of para-hydroxylation sites is 2. The fraction of sp³-hybridized carbons (Fsp3) is 0.297.